The summed E-state index contributed by atoms with van der Waals surface area (Å²) < 4.78 is 0. The fraction of sp³-hybridized carbons (Fsp3) is 0.600. The fourth-order valence-corrected chi connectivity index (χ4v) is 3.19. The van der Waals surface area contributed by atoms with Gasteiger partial charge in [-0.1, -0.05) is 0 Å². The summed E-state index contributed by atoms with van der Waals surface area (Å²) in [5.41, 5.74) is 2.77. The average molecular weight is 314 g/mol. The van der Waals surface area contributed by atoms with Gasteiger partial charge in [-0.05, 0) is 46.2 Å². The van der Waals surface area contributed by atoms with Crippen molar-refractivity contribution in [2.45, 2.75) is 39.7 Å². The lowest BCUT2D eigenvalue weighted by atomic mass is 10.1. The van der Waals surface area contributed by atoms with Crippen LogP contribution < -0.4 is 5.32 Å². The lowest BCUT2D eigenvalue weighted by molar-refractivity contribution is 0.0731. The van der Waals surface area contributed by atoms with E-state index in [1.54, 1.807) is 0 Å². The van der Waals surface area contributed by atoms with E-state index < -0.39 is 0 Å². The number of carbonyl (C=O) groups is 2. The number of nitrogens with zero attached hydrogens (tertiary/aromatic N) is 1. The molecular formula is C15H24ClN3O2. The first-order valence-electron chi connectivity index (χ1n) is 7.13. The van der Waals surface area contributed by atoms with E-state index in [2.05, 4.69) is 10.3 Å². The molecule has 1 fully saturated rings. The van der Waals surface area contributed by atoms with Crippen molar-refractivity contribution in [2.24, 2.45) is 0 Å². The number of rotatable bonds is 4. The van der Waals surface area contributed by atoms with Crippen LogP contribution in [0.15, 0.2) is 0 Å². The number of aromatic nitrogens is 1. The number of amides is 1. The van der Waals surface area contributed by atoms with Crippen LogP contribution in [0.25, 0.3) is 0 Å². The lowest BCUT2D eigenvalue weighted by Gasteiger charge is -2.24. The van der Waals surface area contributed by atoms with Crippen LogP contribution in [0.5, 0.6) is 0 Å². The second-order valence-electron chi connectivity index (χ2n) is 5.53. The Bertz CT molecular complexity index is 539. The number of likely N-dealkylation sites (tertiary alicyclic amines) is 1. The monoisotopic (exact) mass is 313 g/mol. The molecule has 118 valence electrons. The summed E-state index contributed by atoms with van der Waals surface area (Å²) in [6.45, 7) is 6.82. The molecule has 2 rings (SSSR count). The normalized spacial score (nSPS) is 17.7. The molecule has 6 heteroatoms. The largest absolute Gasteiger partial charge is 0.354 e. The Labute approximate surface area is 131 Å². The van der Waals surface area contributed by atoms with Crippen LogP contribution in [-0.2, 0) is 0 Å². The number of halogens is 1. The van der Waals surface area contributed by atoms with E-state index in [-0.39, 0.29) is 30.1 Å². The standard InChI is InChI=1S/C15H23N3O2.ClH/c1-9-13(11(3)19)10(2)17-14(9)15(20)18-7-5-6-12(18)8-16-4;/h12,16-17H,5-8H2,1-4H3;1H. The Morgan fingerprint density at radius 3 is 2.57 bits per heavy atom. The minimum Gasteiger partial charge on any atom is -0.354 e. The summed E-state index contributed by atoms with van der Waals surface area (Å²) in [6.07, 6.45) is 2.07. The molecule has 1 aromatic rings. The second kappa shape index (κ2) is 7.09. The summed E-state index contributed by atoms with van der Waals surface area (Å²) in [4.78, 5) is 29.4. The molecule has 2 N–H and O–H groups in total. The number of likely N-dealkylation sites (N-methyl/N-ethyl adjacent to an activating group) is 1. The Balaban J connectivity index is 0.00000220. The van der Waals surface area contributed by atoms with E-state index in [0.717, 1.165) is 37.2 Å². The molecule has 0 aliphatic carbocycles. The van der Waals surface area contributed by atoms with Crippen molar-refractivity contribution in [1.29, 1.82) is 0 Å². The van der Waals surface area contributed by atoms with Gasteiger partial charge in [0.15, 0.2) is 5.78 Å². The summed E-state index contributed by atoms with van der Waals surface area (Å²) in [5.74, 6) is 0.0133. The topological polar surface area (TPSA) is 65.2 Å². The van der Waals surface area contributed by atoms with Gasteiger partial charge in [-0.3, -0.25) is 9.59 Å². The zero-order valence-corrected chi connectivity index (χ0v) is 13.9. The zero-order valence-electron chi connectivity index (χ0n) is 13.1. The molecule has 0 saturated carbocycles. The van der Waals surface area contributed by atoms with Gasteiger partial charge in [0, 0.05) is 30.4 Å². The van der Waals surface area contributed by atoms with Gasteiger partial charge in [0.1, 0.15) is 5.69 Å². The second-order valence-corrected chi connectivity index (χ2v) is 5.53. The first-order valence-corrected chi connectivity index (χ1v) is 7.13. The van der Waals surface area contributed by atoms with Gasteiger partial charge >= 0.3 is 0 Å². The zero-order chi connectivity index (χ0) is 14.9. The van der Waals surface area contributed by atoms with Crippen LogP contribution in [0.4, 0.5) is 0 Å². The average Bonchev–Trinajstić information content (AvgIpc) is 2.94. The van der Waals surface area contributed by atoms with Crippen molar-refractivity contribution in [1.82, 2.24) is 15.2 Å². The SMILES string of the molecule is CNCC1CCCN1C(=O)c1[nH]c(C)c(C(C)=O)c1C.Cl. The molecule has 1 unspecified atom stereocenters. The van der Waals surface area contributed by atoms with E-state index in [0.29, 0.717) is 11.3 Å². The number of Topliss-reactive ketones (excluding diaryl/α,β-unsaturated/α-hetero) is 1. The Hall–Kier alpha value is -1.33. The molecule has 1 aromatic heterocycles. The number of aromatic amines is 1. The van der Waals surface area contributed by atoms with Gasteiger partial charge in [0.2, 0.25) is 0 Å². The molecule has 0 aromatic carbocycles. The maximum Gasteiger partial charge on any atom is 0.270 e. The summed E-state index contributed by atoms with van der Waals surface area (Å²) in [5, 5.41) is 3.14. The number of carbonyl (C=O) groups excluding carboxylic acids is 2. The van der Waals surface area contributed by atoms with Gasteiger partial charge in [-0.25, -0.2) is 0 Å². The lowest BCUT2D eigenvalue weighted by Crippen LogP contribution is -2.41. The molecule has 1 aliphatic rings. The van der Waals surface area contributed by atoms with Crippen molar-refractivity contribution in [3.63, 3.8) is 0 Å². The predicted molar refractivity (Wildman–Crippen MR) is 85.5 cm³/mol. The maximum absolute atomic E-state index is 12.7. The third-order valence-electron chi connectivity index (χ3n) is 4.08. The van der Waals surface area contributed by atoms with Crippen LogP contribution in [0, 0.1) is 13.8 Å². The quantitative estimate of drug-likeness (QED) is 0.836. The molecule has 5 nitrogen and oxygen atoms in total. The predicted octanol–water partition coefficient (Wildman–Crippen LogP) is 2.08. The van der Waals surface area contributed by atoms with Crippen LogP contribution >= 0.6 is 12.4 Å². The number of ketones is 1. The third kappa shape index (κ3) is 3.30. The smallest absolute Gasteiger partial charge is 0.270 e. The van der Waals surface area contributed by atoms with E-state index >= 15 is 0 Å². The van der Waals surface area contributed by atoms with Crippen molar-refractivity contribution >= 4 is 24.1 Å². The summed E-state index contributed by atoms with van der Waals surface area (Å²) in [6, 6.07) is 0.247. The van der Waals surface area contributed by atoms with Crippen LogP contribution in [0.3, 0.4) is 0 Å². The van der Waals surface area contributed by atoms with Gasteiger partial charge in [0.05, 0.1) is 0 Å². The van der Waals surface area contributed by atoms with Crippen LogP contribution in [-0.4, -0.2) is 47.8 Å². The number of H-pyrrole nitrogens is 1. The molecule has 1 amide bonds. The van der Waals surface area contributed by atoms with Gasteiger partial charge < -0.3 is 15.2 Å². The molecule has 0 bridgehead atoms. The van der Waals surface area contributed by atoms with E-state index in [1.165, 1.54) is 6.92 Å². The number of nitrogens with one attached hydrogen (secondary N) is 2. The van der Waals surface area contributed by atoms with Crippen molar-refractivity contribution in [2.75, 3.05) is 20.1 Å². The first-order chi connectivity index (χ1) is 9.47. The molecule has 21 heavy (non-hydrogen) atoms. The Kier molecular flexibility index (Phi) is 5.98. The minimum absolute atomic E-state index is 0. The highest BCUT2D eigenvalue weighted by molar-refractivity contribution is 6.02. The summed E-state index contributed by atoms with van der Waals surface area (Å²) in [7, 11) is 1.90. The highest BCUT2D eigenvalue weighted by atomic mass is 35.5. The molecule has 2 heterocycles. The molecule has 0 radical (unpaired) electrons. The molecule has 1 atom stereocenters. The fourth-order valence-electron chi connectivity index (χ4n) is 3.19. The Morgan fingerprint density at radius 1 is 1.38 bits per heavy atom. The van der Waals surface area contributed by atoms with Crippen molar-refractivity contribution in [3.8, 4) is 0 Å². The molecule has 1 saturated heterocycles. The van der Waals surface area contributed by atoms with Crippen LogP contribution in [0.1, 0.15) is 51.9 Å². The van der Waals surface area contributed by atoms with Crippen molar-refractivity contribution < 1.29 is 9.59 Å². The van der Waals surface area contributed by atoms with Crippen molar-refractivity contribution in [3.05, 3.63) is 22.5 Å². The minimum atomic E-state index is 0. The maximum atomic E-state index is 12.7. The first kappa shape index (κ1) is 17.7. The molecular weight excluding hydrogens is 290 g/mol. The molecule has 1 aliphatic heterocycles. The Morgan fingerprint density at radius 2 is 2.05 bits per heavy atom. The third-order valence-corrected chi connectivity index (χ3v) is 4.08. The number of hydrogen-bond acceptors (Lipinski definition) is 3. The number of hydrogen-bond donors (Lipinski definition) is 2. The van der Waals surface area contributed by atoms with Gasteiger partial charge in [-0.2, -0.15) is 0 Å². The highest BCUT2D eigenvalue weighted by Crippen LogP contribution is 2.24. The van der Waals surface area contributed by atoms with E-state index in [4.69, 9.17) is 0 Å². The van der Waals surface area contributed by atoms with Gasteiger partial charge in [0.25, 0.3) is 5.91 Å². The highest BCUT2D eigenvalue weighted by Gasteiger charge is 2.31. The van der Waals surface area contributed by atoms with E-state index in [9.17, 15) is 9.59 Å². The molecule has 0 spiro atoms. The summed E-state index contributed by atoms with van der Waals surface area (Å²) >= 11 is 0. The van der Waals surface area contributed by atoms with Gasteiger partial charge in [-0.15, -0.1) is 12.4 Å². The van der Waals surface area contributed by atoms with E-state index in [1.807, 2.05) is 25.8 Å². The van der Waals surface area contributed by atoms with Crippen LogP contribution in [0.2, 0.25) is 0 Å². The number of aryl methyl sites for hydroxylation is 1.